The fourth-order valence-corrected chi connectivity index (χ4v) is 2.89. The Morgan fingerprint density at radius 3 is 2.52 bits per heavy atom. The van der Waals surface area contributed by atoms with Gasteiger partial charge in [0.25, 0.3) is 0 Å². The van der Waals surface area contributed by atoms with Gasteiger partial charge in [-0.05, 0) is 73.3 Å². The zero-order chi connectivity index (χ0) is 16.9. The third-order valence-electron chi connectivity index (χ3n) is 3.71. The minimum atomic E-state index is -4.32. The Morgan fingerprint density at radius 2 is 2.00 bits per heavy atom. The van der Waals surface area contributed by atoms with Gasteiger partial charge in [-0.2, -0.15) is 13.2 Å². The van der Waals surface area contributed by atoms with Crippen LogP contribution in [0.5, 0.6) is 5.75 Å². The van der Waals surface area contributed by atoms with E-state index in [1.807, 2.05) is 7.05 Å². The summed E-state index contributed by atoms with van der Waals surface area (Å²) in [4.78, 5) is 0. The van der Waals surface area contributed by atoms with Crippen LogP contribution < -0.4 is 10.1 Å². The minimum absolute atomic E-state index is 0.0730. The molecule has 1 N–H and O–H groups in total. The zero-order valence-corrected chi connectivity index (χ0v) is 14.9. The molecule has 2 atom stereocenters. The molecule has 6 heteroatoms. The number of nitrogens with one attached hydrogen (secondary N) is 1. The number of hydrogen-bond donors (Lipinski definition) is 1. The maximum absolute atomic E-state index is 12.6. The van der Waals surface area contributed by atoms with Gasteiger partial charge in [-0.15, -0.1) is 0 Å². The monoisotopic (exact) mass is 437 g/mol. The molecule has 0 amide bonds. The maximum atomic E-state index is 12.6. The van der Waals surface area contributed by atoms with E-state index in [0.29, 0.717) is 5.75 Å². The first kappa shape index (κ1) is 18.3. The van der Waals surface area contributed by atoms with Crippen molar-refractivity contribution in [3.63, 3.8) is 0 Å². The van der Waals surface area contributed by atoms with Crippen LogP contribution in [-0.2, 0) is 6.18 Å². The van der Waals surface area contributed by atoms with Gasteiger partial charge in [0.2, 0.25) is 0 Å². The second-order valence-electron chi connectivity index (χ2n) is 5.42. The molecule has 0 saturated heterocycles. The molecular formula is C17H19F3INO. The zero-order valence-electron chi connectivity index (χ0n) is 12.7. The van der Waals surface area contributed by atoms with Crippen molar-refractivity contribution in [2.24, 2.45) is 5.92 Å². The Bertz CT molecular complexity index is 566. The van der Waals surface area contributed by atoms with E-state index in [4.69, 9.17) is 4.74 Å². The van der Waals surface area contributed by atoms with Gasteiger partial charge in [-0.1, -0.05) is 18.2 Å². The molecule has 0 saturated carbocycles. The molecule has 0 heterocycles. The van der Waals surface area contributed by atoms with E-state index in [1.54, 1.807) is 0 Å². The van der Waals surface area contributed by atoms with Crippen molar-refractivity contribution < 1.29 is 17.9 Å². The summed E-state index contributed by atoms with van der Waals surface area (Å²) < 4.78 is 45.0. The first-order chi connectivity index (χ1) is 10.9. The molecule has 23 heavy (non-hydrogen) atoms. The Morgan fingerprint density at radius 1 is 1.30 bits per heavy atom. The highest BCUT2D eigenvalue weighted by Crippen LogP contribution is 2.32. The van der Waals surface area contributed by atoms with Gasteiger partial charge >= 0.3 is 6.18 Å². The van der Waals surface area contributed by atoms with Crippen molar-refractivity contribution in [1.29, 1.82) is 0 Å². The number of hydrogen-bond acceptors (Lipinski definition) is 2. The molecule has 0 aromatic heterocycles. The number of benzene rings is 1. The molecule has 2 unspecified atom stereocenters. The lowest BCUT2D eigenvalue weighted by atomic mass is 9.92. The SMILES string of the molecule is CNCCC(Oc1ccc(C(F)(F)F)cc1)C1C=CC(I)=CC1. The molecule has 1 aliphatic carbocycles. The largest absolute Gasteiger partial charge is 0.490 e. The first-order valence-corrected chi connectivity index (χ1v) is 8.50. The van der Waals surface area contributed by atoms with Crippen LogP contribution in [0.4, 0.5) is 13.2 Å². The van der Waals surface area contributed by atoms with E-state index in [2.05, 4.69) is 46.1 Å². The molecule has 2 rings (SSSR count). The average Bonchev–Trinajstić information content (AvgIpc) is 2.52. The molecule has 0 aliphatic heterocycles. The van der Waals surface area contributed by atoms with E-state index in [-0.39, 0.29) is 12.0 Å². The maximum Gasteiger partial charge on any atom is 0.416 e. The molecule has 0 radical (unpaired) electrons. The van der Waals surface area contributed by atoms with E-state index in [0.717, 1.165) is 31.5 Å². The second-order valence-corrected chi connectivity index (χ2v) is 6.66. The molecule has 0 spiro atoms. The fraction of sp³-hybridized carbons (Fsp3) is 0.412. The summed E-state index contributed by atoms with van der Waals surface area (Å²) in [5.41, 5.74) is -0.660. The van der Waals surface area contributed by atoms with Crippen LogP contribution in [0.3, 0.4) is 0 Å². The highest BCUT2D eigenvalue weighted by atomic mass is 127. The number of allylic oxidation sites excluding steroid dienone is 3. The number of alkyl halides is 3. The Balaban J connectivity index is 2.07. The molecule has 1 aromatic carbocycles. The Kier molecular flexibility index (Phi) is 6.52. The van der Waals surface area contributed by atoms with Crippen LogP contribution in [0, 0.1) is 5.92 Å². The van der Waals surface area contributed by atoms with Crippen molar-refractivity contribution in [3.05, 3.63) is 51.6 Å². The lowest BCUT2D eigenvalue weighted by molar-refractivity contribution is -0.137. The summed E-state index contributed by atoms with van der Waals surface area (Å²) in [6, 6.07) is 4.90. The Hall–Kier alpha value is -1.02. The summed E-state index contributed by atoms with van der Waals surface area (Å²) >= 11 is 2.27. The van der Waals surface area contributed by atoms with Gasteiger partial charge in [0.1, 0.15) is 11.9 Å². The van der Waals surface area contributed by atoms with Crippen LogP contribution in [0.1, 0.15) is 18.4 Å². The average molecular weight is 437 g/mol. The molecular weight excluding hydrogens is 418 g/mol. The molecule has 0 bridgehead atoms. The van der Waals surface area contributed by atoms with Crippen molar-refractivity contribution in [3.8, 4) is 5.75 Å². The topological polar surface area (TPSA) is 21.3 Å². The van der Waals surface area contributed by atoms with Crippen LogP contribution in [0.2, 0.25) is 0 Å². The van der Waals surface area contributed by atoms with E-state index in [9.17, 15) is 13.2 Å². The lowest BCUT2D eigenvalue weighted by Crippen LogP contribution is -2.30. The summed E-state index contributed by atoms with van der Waals surface area (Å²) in [5, 5.41) is 3.09. The standard InChI is InChI=1S/C17H19F3INO/c1-22-11-10-16(12-2-6-14(21)7-3-12)23-15-8-4-13(5-9-15)17(18,19)20/h2,4-9,12,16,22H,3,10-11H2,1H3. The summed E-state index contributed by atoms with van der Waals surface area (Å²) in [5.74, 6) is 0.695. The molecule has 1 aromatic rings. The second kappa shape index (κ2) is 8.19. The number of halogens is 4. The first-order valence-electron chi connectivity index (χ1n) is 7.42. The summed E-state index contributed by atoms with van der Waals surface area (Å²) in [6.07, 6.45) is 3.59. The van der Waals surface area contributed by atoms with Gasteiger partial charge in [0.15, 0.2) is 0 Å². The summed E-state index contributed by atoms with van der Waals surface area (Å²) in [7, 11) is 1.87. The number of ether oxygens (including phenoxy) is 1. The summed E-state index contributed by atoms with van der Waals surface area (Å²) in [6.45, 7) is 0.788. The highest BCUT2D eigenvalue weighted by molar-refractivity contribution is 14.1. The van der Waals surface area contributed by atoms with Crippen molar-refractivity contribution in [2.45, 2.75) is 25.1 Å². The van der Waals surface area contributed by atoms with Gasteiger partial charge < -0.3 is 10.1 Å². The van der Waals surface area contributed by atoms with Gasteiger partial charge in [-0.3, -0.25) is 0 Å². The van der Waals surface area contributed by atoms with Crippen LogP contribution >= 0.6 is 22.6 Å². The van der Waals surface area contributed by atoms with Gasteiger partial charge in [-0.25, -0.2) is 0 Å². The molecule has 0 fully saturated rings. The lowest BCUT2D eigenvalue weighted by Gasteiger charge is -2.27. The minimum Gasteiger partial charge on any atom is -0.490 e. The van der Waals surface area contributed by atoms with Gasteiger partial charge in [0.05, 0.1) is 5.56 Å². The number of rotatable bonds is 6. The van der Waals surface area contributed by atoms with Gasteiger partial charge in [0, 0.05) is 9.50 Å². The van der Waals surface area contributed by atoms with Crippen LogP contribution in [-0.4, -0.2) is 19.7 Å². The van der Waals surface area contributed by atoms with E-state index >= 15 is 0 Å². The van der Waals surface area contributed by atoms with Crippen LogP contribution in [0.25, 0.3) is 0 Å². The third kappa shape index (κ3) is 5.53. The predicted molar refractivity (Wildman–Crippen MR) is 93.8 cm³/mol. The van der Waals surface area contributed by atoms with E-state index in [1.165, 1.54) is 15.7 Å². The smallest absolute Gasteiger partial charge is 0.416 e. The normalized spacial score (nSPS) is 19.3. The Labute approximate surface area is 147 Å². The van der Waals surface area contributed by atoms with Crippen molar-refractivity contribution in [2.75, 3.05) is 13.6 Å². The molecule has 1 aliphatic rings. The van der Waals surface area contributed by atoms with Crippen molar-refractivity contribution in [1.82, 2.24) is 5.32 Å². The van der Waals surface area contributed by atoms with Crippen molar-refractivity contribution >= 4 is 22.6 Å². The fourth-order valence-electron chi connectivity index (χ4n) is 2.43. The third-order valence-corrected chi connectivity index (χ3v) is 4.51. The highest BCUT2D eigenvalue weighted by Gasteiger charge is 2.30. The van der Waals surface area contributed by atoms with E-state index < -0.39 is 11.7 Å². The molecule has 126 valence electrons. The quantitative estimate of drug-likeness (QED) is 0.636. The molecule has 2 nitrogen and oxygen atoms in total. The van der Waals surface area contributed by atoms with Crippen LogP contribution in [0.15, 0.2) is 46.1 Å². The predicted octanol–water partition coefficient (Wildman–Crippen LogP) is 4.96.